The van der Waals surface area contributed by atoms with E-state index >= 15 is 0 Å². The summed E-state index contributed by atoms with van der Waals surface area (Å²) in [4.78, 5) is 0. The smallest absolute Gasteiger partial charge is 0.131 e. The Balaban J connectivity index is 2.35. The molecule has 0 aliphatic rings. The monoisotopic (exact) mass is 288 g/mol. The molecule has 0 aromatic heterocycles. The molecule has 0 fully saturated rings. The molecule has 0 unspecified atom stereocenters. The molecular formula is C16H10Cl2O. The summed E-state index contributed by atoms with van der Waals surface area (Å²) in [6.07, 6.45) is 0. The molecule has 0 atom stereocenters. The average molecular weight is 289 g/mol. The van der Waals surface area contributed by atoms with E-state index in [9.17, 15) is 5.11 Å². The van der Waals surface area contributed by atoms with E-state index in [0.29, 0.717) is 21.2 Å². The van der Waals surface area contributed by atoms with Crippen molar-refractivity contribution in [3.8, 4) is 16.9 Å². The molecule has 0 saturated heterocycles. The van der Waals surface area contributed by atoms with Gasteiger partial charge in [-0.15, -0.1) is 0 Å². The molecule has 0 aliphatic carbocycles. The zero-order valence-electron chi connectivity index (χ0n) is 9.90. The maximum Gasteiger partial charge on any atom is 0.131 e. The number of hydrogen-bond donors (Lipinski definition) is 1. The lowest BCUT2D eigenvalue weighted by Gasteiger charge is -2.11. The van der Waals surface area contributed by atoms with Crippen LogP contribution in [0.1, 0.15) is 0 Å². The van der Waals surface area contributed by atoms with Crippen molar-refractivity contribution in [2.24, 2.45) is 0 Å². The van der Waals surface area contributed by atoms with E-state index in [2.05, 4.69) is 0 Å². The summed E-state index contributed by atoms with van der Waals surface area (Å²) < 4.78 is 0. The summed E-state index contributed by atoms with van der Waals surface area (Å²) >= 11 is 12.4. The van der Waals surface area contributed by atoms with Crippen molar-refractivity contribution in [2.45, 2.75) is 0 Å². The molecule has 94 valence electrons. The zero-order chi connectivity index (χ0) is 13.4. The highest BCUT2D eigenvalue weighted by Crippen LogP contribution is 2.42. The third-order valence-electron chi connectivity index (χ3n) is 3.13. The number of benzene rings is 3. The Bertz CT molecular complexity index is 746. The van der Waals surface area contributed by atoms with Crippen molar-refractivity contribution >= 4 is 34.0 Å². The van der Waals surface area contributed by atoms with Crippen molar-refractivity contribution < 1.29 is 5.11 Å². The largest absolute Gasteiger partial charge is 0.507 e. The van der Waals surface area contributed by atoms with Crippen LogP contribution in [-0.4, -0.2) is 5.11 Å². The van der Waals surface area contributed by atoms with E-state index in [1.165, 1.54) is 0 Å². The number of halogens is 2. The minimum Gasteiger partial charge on any atom is -0.507 e. The van der Waals surface area contributed by atoms with Crippen LogP contribution in [0.15, 0.2) is 54.6 Å². The van der Waals surface area contributed by atoms with Gasteiger partial charge in [-0.25, -0.2) is 0 Å². The quantitative estimate of drug-likeness (QED) is 0.625. The van der Waals surface area contributed by atoms with Crippen LogP contribution in [0.5, 0.6) is 5.75 Å². The van der Waals surface area contributed by atoms with Gasteiger partial charge in [-0.1, -0.05) is 59.6 Å². The molecule has 3 aromatic rings. The molecule has 0 radical (unpaired) electrons. The molecule has 0 heterocycles. The first-order valence-corrected chi connectivity index (χ1v) is 6.59. The Kier molecular flexibility index (Phi) is 3.09. The average Bonchev–Trinajstić information content (AvgIpc) is 2.41. The van der Waals surface area contributed by atoms with E-state index in [0.717, 1.165) is 10.8 Å². The fraction of sp³-hybridized carbons (Fsp3) is 0. The van der Waals surface area contributed by atoms with Gasteiger partial charge in [0, 0.05) is 16.5 Å². The van der Waals surface area contributed by atoms with Gasteiger partial charge in [-0.3, -0.25) is 0 Å². The third-order valence-corrected chi connectivity index (χ3v) is 3.76. The third kappa shape index (κ3) is 2.05. The molecule has 1 nitrogen and oxygen atoms in total. The molecule has 0 amide bonds. The van der Waals surface area contributed by atoms with E-state index in [4.69, 9.17) is 23.2 Å². The first-order chi connectivity index (χ1) is 9.18. The summed E-state index contributed by atoms with van der Waals surface area (Å²) in [5, 5.41) is 13.3. The van der Waals surface area contributed by atoms with E-state index < -0.39 is 0 Å². The molecule has 19 heavy (non-hydrogen) atoms. The van der Waals surface area contributed by atoms with Gasteiger partial charge in [-0.05, 0) is 23.6 Å². The Morgan fingerprint density at radius 1 is 0.737 bits per heavy atom. The van der Waals surface area contributed by atoms with Crippen molar-refractivity contribution in [1.82, 2.24) is 0 Å². The minimum absolute atomic E-state index is 0.202. The van der Waals surface area contributed by atoms with Crippen LogP contribution in [0.25, 0.3) is 21.9 Å². The zero-order valence-corrected chi connectivity index (χ0v) is 11.4. The van der Waals surface area contributed by atoms with Crippen molar-refractivity contribution in [3.05, 3.63) is 64.6 Å². The van der Waals surface area contributed by atoms with Crippen LogP contribution >= 0.6 is 23.2 Å². The first-order valence-electron chi connectivity index (χ1n) is 5.83. The SMILES string of the molecule is Oc1c(-c2c(Cl)cccc2Cl)ccc2ccccc12. The van der Waals surface area contributed by atoms with Crippen LogP contribution < -0.4 is 0 Å². The molecule has 0 bridgehead atoms. The van der Waals surface area contributed by atoms with Gasteiger partial charge in [0.15, 0.2) is 0 Å². The molecule has 3 rings (SSSR count). The van der Waals surface area contributed by atoms with Crippen LogP contribution in [0.3, 0.4) is 0 Å². The number of rotatable bonds is 1. The van der Waals surface area contributed by atoms with Crippen LogP contribution in [-0.2, 0) is 0 Å². The summed E-state index contributed by atoms with van der Waals surface area (Å²) in [5.74, 6) is 0.202. The highest BCUT2D eigenvalue weighted by molar-refractivity contribution is 6.39. The first kappa shape index (κ1) is 12.3. The molecule has 1 N–H and O–H groups in total. The molecule has 0 aliphatic heterocycles. The second-order valence-electron chi connectivity index (χ2n) is 4.28. The number of fused-ring (bicyclic) bond motifs is 1. The number of phenolic OH excluding ortho intramolecular Hbond substituents is 1. The summed E-state index contributed by atoms with van der Waals surface area (Å²) in [6.45, 7) is 0. The topological polar surface area (TPSA) is 20.2 Å². The molecule has 0 saturated carbocycles. The Labute approximate surface area is 121 Å². The maximum absolute atomic E-state index is 10.4. The van der Waals surface area contributed by atoms with Crippen molar-refractivity contribution in [2.75, 3.05) is 0 Å². The Morgan fingerprint density at radius 2 is 1.42 bits per heavy atom. The van der Waals surface area contributed by atoms with Gasteiger partial charge in [0.2, 0.25) is 0 Å². The van der Waals surface area contributed by atoms with E-state index in [-0.39, 0.29) is 5.75 Å². The van der Waals surface area contributed by atoms with Crippen LogP contribution in [0, 0.1) is 0 Å². The standard InChI is InChI=1S/C16H10Cl2O/c17-13-6-3-7-14(18)15(13)12-9-8-10-4-1-2-5-11(10)16(12)19/h1-9,19H. The van der Waals surface area contributed by atoms with Gasteiger partial charge < -0.3 is 5.11 Å². The lowest BCUT2D eigenvalue weighted by atomic mass is 9.99. The highest BCUT2D eigenvalue weighted by atomic mass is 35.5. The van der Waals surface area contributed by atoms with Crippen LogP contribution in [0.2, 0.25) is 10.0 Å². The second-order valence-corrected chi connectivity index (χ2v) is 5.09. The summed E-state index contributed by atoms with van der Waals surface area (Å²) in [5.41, 5.74) is 1.31. The van der Waals surface area contributed by atoms with E-state index in [1.807, 2.05) is 36.4 Å². The van der Waals surface area contributed by atoms with Crippen molar-refractivity contribution in [3.63, 3.8) is 0 Å². The summed E-state index contributed by atoms with van der Waals surface area (Å²) in [7, 11) is 0. The molecule has 0 spiro atoms. The second kappa shape index (κ2) is 4.76. The summed E-state index contributed by atoms with van der Waals surface area (Å²) in [6, 6.07) is 16.7. The van der Waals surface area contributed by atoms with Crippen molar-refractivity contribution in [1.29, 1.82) is 0 Å². The van der Waals surface area contributed by atoms with Gasteiger partial charge in [0.05, 0.1) is 10.0 Å². The van der Waals surface area contributed by atoms with Gasteiger partial charge in [-0.2, -0.15) is 0 Å². The Hall–Kier alpha value is -1.70. The van der Waals surface area contributed by atoms with E-state index in [1.54, 1.807) is 18.2 Å². The number of hydrogen-bond acceptors (Lipinski definition) is 1. The molecule has 3 heteroatoms. The number of phenols is 1. The van der Waals surface area contributed by atoms with Gasteiger partial charge >= 0.3 is 0 Å². The fourth-order valence-electron chi connectivity index (χ4n) is 2.21. The predicted octanol–water partition coefficient (Wildman–Crippen LogP) is 5.52. The number of aromatic hydroxyl groups is 1. The lowest BCUT2D eigenvalue weighted by Crippen LogP contribution is -1.84. The molecule has 3 aromatic carbocycles. The minimum atomic E-state index is 0.202. The van der Waals surface area contributed by atoms with Crippen LogP contribution in [0.4, 0.5) is 0 Å². The maximum atomic E-state index is 10.4. The fourth-order valence-corrected chi connectivity index (χ4v) is 2.81. The highest BCUT2D eigenvalue weighted by Gasteiger charge is 2.14. The Morgan fingerprint density at radius 3 is 2.16 bits per heavy atom. The molecular weight excluding hydrogens is 279 g/mol. The van der Waals surface area contributed by atoms with Gasteiger partial charge in [0.1, 0.15) is 5.75 Å². The normalized spacial score (nSPS) is 10.8. The predicted molar refractivity (Wildman–Crippen MR) is 81.1 cm³/mol. The lowest BCUT2D eigenvalue weighted by molar-refractivity contribution is 0.483. The van der Waals surface area contributed by atoms with Gasteiger partial charge in [0.25, 0.3) is 0 Å².